The predicted molar refractivity (Wildman–Crippen MR) is 37.2 cm³/mol. The summed E-state index contributed by atoms with van der Waals surface area (Å²) in [4.78, 5) is 10.9. The summed E-state index contributed by atoms with van der Waals surface area (Å²) in [6.07, 6.45) is 2.92. The molecule has 0 heterocycles. The summed E-state index contributed by atoms with van der Waals surface area (Å²) >= 11 is 0. The van der Waals surface area contributed by atoms with E-state index >= 15 is 0 Å². The van der Waals surface area contributed by atoms with Crippen molar-refractivity contribution in [2.45, 2.75) is 26.2 Å². The first-order valence-electron chi connectivity index (χ1n) is 3.44. The third-order valence-electron chi connectivity index (χ3n) is 1.99. The van der Waals surface area contributed by atoms with Gasteiger partial charge in [-0.15, -0.1) is 0 Å². The average molecular weight is 124 g/mol. The third kappa shape index (κ3) is 1.21. The highest BCUT2D eigenvalue weighted by molar-refractivity contribution is 5.95. The maximum Gasteiger partial charge on any atom is 0.158 e. The molecule has 9 heavy (non-hydrogen) atoms. The number of carbonyl (C=O) groups excluding carboxylic acids is 1. The second-order valence-electron chi connectivity index (χ2n) is 2.74. The maximum atomic E-state index is 10.9. The van der Waals surface area contributed by atoms with Gasteiger partial charge in [-0.3, -0.25) is 4.79 Å². The van der Waals surface area contributed by atoms with E-state index in [9.17, 15) is 4.79 Å². The first kappa shape index (κ1) is 6.53. The number of carbonyl (C=O) groups is 1. The molecule has 1 atom stereocenters. The van der Waals surface area contributed by atoms with Gasteiger partial charge in [0.05, 0.1) is 0 Å². The van der Waals surface area contributed by atoms with Gasteiger partial charge in [-0.2, -0.15) is 0 Å². The fraction of sp³-hybridized carbons (Fsp3) is 0.625. The molecule has 0 aromatic heterocycles. The molecule has 0 aliphatic heterocycles. The van der Waals surface area contributed by atoms with Gasteiger partial charge in [0.1, 0.15) is 0 Å². The average Bonchev–Trinajstić information content (AvgIpc) is 1.83. The molecule has 0 N–H and O–H groups in total. The summed E-state index contributed by atoms with van der Waals surface area (Å²) in [5.41, 5.74) is 0.834. The van der Waals surface area contributed by atoms with E-state index in [-0.39, 0.29) is 5.78 Å². The van der Waals surface area contributed by atoms with Crippen molar-refractivity contribution < 1.29 is 4.79 Å². The van der Waals surface area contributed by atoms with Gasteiger partial charge in [0.25, 0.3) is 0 Å². The highest BCUT2D eigenvalue weighted by atomic mass is 16.1. The Morgan fingerprint density at radius 1 is 1.67 bits per heavy atom. The Hall–Kier alpha value is -0.590. The number of hydrogen-bond acceptors (Lipinski definition) is 1. The number of hydrogen-bond donors (Lipinski definition) is 0. The molecule has 0 saturated heterocycles. The Bertz CT molecular complexity index is 147. The van der Waals surface area contributed by atoms with Crippen LogP contribution < -0.4 is 0 Å². The van der Waals surface area contributed by atoms with Crippen molar-refractivity contribution in [3.8, 4) is 0 Å². The lowest BCUT2D eigenvalue weighted by Crippen LogP contribution is -2.15. The van der Waals surface area contributed by atoms with Crippen LogP contribution in [-0.2, 0) is 4.79 Å². The molecule has 1 nitrogen and oxygen atoms in total. The van der Waals surface area contributed by atoms with Crippen LogP contribution in [0.2, 0.25) is 0 Å². The highest BCUT2D eigenvalue weighted by Gasteiger charge is 2.19. The van der Waals surface area contributed by atoms with Gasteiger partial charge in [0.15, 0.2) is 5.78 Å². The zero-order chi connectivity index (χ0) is 6.85. The highest BCUT2D eigenvalue weighted by Crippen LogP contribution is 2.24. The van der Waals surface area contributed by atoms with Crippen LogP contribution in [0.5, 0.6) is 0 Å². The van der Waals surface area contributed by atoms with Gasteiger partial charge >= 0.3 is 0 Å². The molecule has 0 radical (unpaired) electrons. The van der Waals surface area contributed by atoms with Gasteiger partial charge in [0, 0.05) is 6.42 Å². The molecule has 0 amide bonds. The minimum Gasteiger partial charge on any atom is -0.295 e. The summed E-state index contributed by atoms with van der Waals surface area (Å²) in [5, 5.41) is 0. The first-order chi connectivity index (χ1) is 4.22. The van der Waals surface area contributed by atoms with Crippen LogP contribution in [0, 0.1) is 5.92 Å². The maximum absolute atomic E-state index is 10.9. The summed E-state index contributed by atoms with van der Waals surface area (Å²) in [7, 11) is 0. The van der Waals surface area contributed by atoms with E-state index in [1.54, 1.807) is 0 Å². The summed E-state index contributed by atoms with van der Waals surface area (Å²) < 4.78 is 0. The lowest BCUT2D eigenvalue weighted by molar-refractivity contribution is -0.117. The lowest BCUT2D eigenvalue weighted by Gasteiger charge is -2.18. The minimum absolute atomic E-state index is 0.272. The topological polar surface area (TPSA) is 17.1 Å². The predicted octanol–water partition coefficient (Wildman–Crippen LogP) is 1.93. The molecule has 1 saturated carbocycles. The zero-order valence-corrected chi connectivity index (χ0v) is 5.81. The van der Waals surface area contributed by atoms with E-state index in [1.807, 2.05) is 0 Å². The molecule has 1 heteroatoms. The first-order valence-corrected chi connectivity index (χ1v) is 3.44. The Morgan fingerprint density at radius 2 is 2.33 bits per heavy atom. The summed E-state index contributed by atoms with van der Waals surface area (Å²) in [6, 6.07) is 0. The molecular formula is C8H12O. The van der Waals surface area contributed by atoms with Gasteiger partial charge < -0.3 is 0 Å². The smallest absolute Gasteiger partial charge is 0.158 e. The van der Waals surface area contributed by atoms with Crippen LogP contribution >= 0.6 is 0 Å². The number of ketones is 1. The van der Waals surface area contributed by atoms with Crippen LogP contribution in [0.25, 0.3) is 0 Å². The molecule has 0 bridgehead atoms. The Kier molecular flexibility index (Phi) is 1.70. The van der Waals surface area contributed by atoms with Crippen LogP contribution in [0.15, 0.2) is 12.2 Å². The fourth-order valence-electron chi connectivity index (χ4n) is 1.18. The SMILES string of the molecule is C=C1C(=O)CCC[C@H]1C. The molecule has 1 rings (SSSR count). The van der Waals surface area contributed by atoms with Gasteiger partial charge in [-0.25, -0.2) is 0 Å². The van der Waals surface area contributed by atoms with E-state index in [1.165, 1.54) is 0 Å². The van der Waals surface area contributed by atoms with Gasteiger partial charge in [-0.1, -0.05) is 13.5 Å². The van der Waals surface area contributed by atoms with Crippen LogP contribution in [0.4, 0.5) is 0 Å². The number of allylic oxidation sites excluding steroid dienone is 1. The summed E-state index contributed by atoms with van der Waals surface area (Å²) in [5.74, 6) is 0.708. The zero-order valence-electron chi connectivity index (χ0n) is 5.81. The number of rotatable bonds is 0. The van der Waals surface area contributed by atoms with Crippen molar-refractivity contribution in [3.05, 3.63) is 12.2 Å². The molecular weight excluding hydrogens is 112 g/mol. The van der Waals surface area contributed by atoms with Gasteiger partial charge in [-0.05, 0) is 24.3 Å². The Morgan fingerprint density at radius 3 is 2.78 bits per heavy atom. The van der Waals surface area contributed by atoms with Crippen molar-refractivity contribution in [1.82, 2.24) is 0 Å². The van der Waals surface area contributed by atoms with Crippen molar-refractivity contribution in [3.63, 3.8) is 0 Å². The van der Waals surface area contributed by atoms with Crippen molar-refractivity contribution in [2.24, 2.45) is 5.92 Å². The van der Waals surface area contributed by atoms with E-state index in [2.05, 4.69) is 13.5 Å². The monoisotopic (exact) mass is 124 g/mol. The third-order valence-corrected chi connectivity index (χ3v) is 1.99. The second kappa shape index (κ2) is 2.34. The molecule has 0 unspecified atom stereocenters. The molecule has 1 aliphatic carbocycles. The van der Waals surface area contributed by atoms with E-state index in [0.29, 0.717) is 5.92 Å². The lowest BCUT2D eigenvalue weighted by atomic mass is 9.86. The largest absolute Gasteiger partial charge is 0.295 e. The molecule has 0 aromatic carbocycles. The van der Waals surface area contributed by atoms with Crippen molar-refractivity contribution >= 4 is 5.78 Å². The molecule has 0 aromatic rings. The number of Topliss-reactive ketones (excluding diaryl/α,β-unsaturated/α-hetero) is 1. The van der Waals surface area contributed by atoms with E-state index in [0.717, 1.165) is 24.8 Å². The summed E-state index contributed by atoms with van der Waals surface area (Å²) in [6.45, 7) is 5.80. The van der Waals surface area contributed by atoms with Crippen molar-refractivity contribution in [2.75, 3.05) is 0 Å². The van der Waals surface area contributed by atoms with Crippen molar-refractivity contribution in [1.29, 1.82) is 0 Å². The standard InChI is InChI=1S/C8H12O/c1-6-4-3-5-8(9)7(6)2/h6H,2-5H2,1H3/t6-/m1/s1. The molecule has 0 spiro atoms. The van der Waals surface area contributed by atoms with Crippen LogP contribution in [0.1, 0.15) is 26.2 Å². The Balaban J connectivity index is 2.62. The van der Waals surface area contributed by atoms with E-state index in [4.69, 9.17) is 0 Å². The van der Waals surface area contributed by atoms with Gasteiger partial charge in [0.2, 0.25) is 0 Å². The van der Waals surface area contributed by atoms with Crippen LogP contribution in [-0.4, -0.2) is 5.78 Å². The molecule has 1 fully saturated rings. The minimum atomic E-state index is 0.272. The molecule has 1 aliphatic rings. The second-order valence-corrected chi connectivity index (χ2v) is 2.74. The van der Waals surface area contributed by atoms with Crippen LogP contribution in [0.3, 0.4) is 0 Å². The normalized spacial score (nSPS) is 28.8. The van der Waals surface area contributed by atoms with E-state index < -0.39 is 0 Å². The Labute approximate surface area is 55.8 Å². The quantitative estimate of drug-likeness (QED) is 0.451. The fourth-order valence-corrected chi connectivity index (χ4v) is 1.18. The molecule has 50 valence electrons.